The Hall–Kier alpha value is -2.02. The average molecular weight is 310 g/mol. The van der Waals surface area contributed by atoms with Crippen molar-refractivity contribution < 1.29 is 19.1 Å². The van der Waals surface area contributed by atoms with Crippen LogP contribution in [0.2, 0.25) is 0 Å². The number of urea groups is 1. The molecule has 1 aromatic rings. The number of carbonyl (C=O) groups excluding carboxylic acids is 3. The number of benzene rings is 1. The standard InChI is InChI=1S/C14H18N2O4S/c1-20-13(18)7-8-21-10-12(17)16-14(19)15-9-11-5-3-2-4-6-11/h2-6H,7-10H2,1H3,(H2,15,16,17,19). The molecule has 0 aliphatic carbocycles. The second-order valence-electron chi connectivity index (χ2n) is 4.10. The molecule has 0 aliphatic heterocycles. The number of rotatable bonds is 7. The van der Waals surface area contributed by atoms with Gasteiger partial charge >= 0.3 is 12.0 Å². The molecule has 0 bridgehead atoms. The molecule has 0 heterocycles. The van der Waals surface area contributed by atoms with Gasteiger partial charge < -0.3 is 10.1 Å². The lowest BCUT2D eigenvalue weighted by molar-refractivity contribution is -0.140. The number of nitrogens with one attached hydrogen (secondary N) is 2. The number of thioether (sulfide) groups is 1. The summed E-state index contributed by atoms with van der Waals surface area (Å²) in [6.45, 7) is 0.357. The third-order valence-electron chi connectivity index (χ3n) is 2.46. The summed E-state index contributed by atoms with van der Waals surface area (Å²) in [6, 6.07) is 8.86. The maximum atomic E-state index is 11.5. The third kappa shape index (κ3) is 7.98. The first-order valence-electron chi connectivity index (χ1n) is 6.38. The Bertz CT molecular complexity index is 479. The van der Waals surface area contributed by atoms with Crippen LogP contribution in [0.15, 0.2) is 30.3 Å². The smallest absolute Gasteiger partial charge is 0.321 e. The lowest BCUT2D eigenvalue weighted by atomic mass is 10.2. The van der Waals surface area contributed by atoms with Gasteiger partial charge in [-0.25, -0.2) is 4.79 Å². The van der Waals surface area contributed by atoms with Gasteiger partial charge in [0, 0.05) is 12.3 Å². The van der Waals surface area contributed by atoms with Crippen LogP contribution in [-0.4, -0.2) is 36.5 Å². The fraction of sp³-hybridized carbons (Fsp3) is 0.357. The number of carbonyl (C=O) groups is 3. The highest BCUT2D eigenvalue weighted by Gasteiger charge is 2.08. The zero-order valence-electron chi connectivity index (χ0n) is 11.8. The molecule has 1 rings (SSSR count). The Morgan fingerprint density at radius 3 is 2.57 bits per heavy atom. The molecule has 0 unspecified atom stereocenters. The van der Waals surface area contributed by atoms with Gasteiger partial charge in [-0.05, 0) is 5.56 Å². The Morgan fingerprint density at radius 1 is 1.19 bits per heavy atom. The van der Waals surface area contributed by atoms with Crippen molar-refractivity contribution in [2.75, 3.05) is 18.6 Å². The van der Waals surface area contributed by atoms with Gasteiger partial charge in [-0.3, -0.25) is 14.9 Å². The predicted octanol–water partition coefficient (Wildman–Crippen LogP) is 1.31. The molecular formula is C14H18N2O4S. The van der Waals surface area contributed by atoms with Crippen LogP contribution in [0.25, 0.3) is 0 Å². The van der Waals surface area contributed by atoms with Crippen LogP contribution in [-0.2, 0) is 20.9 Å². The molecule has 0 aromatic heterocycles. The monoisotopic (exact) mass is 310 g/mol. The lowest BCUT2D eigenvalue weighted by Crippen LogP contribution is -2.40. The Balaban J connectivity index is 2.13. The molecule has 0 saturated carbocycles. The fourth-order valence-electron chi connectivity index (χ4n) is 1.41. The molecule has 0 atom stereocenters. The molecule has 2 N–H and O–H groups in total. The summed E-state index contributed by atoms with van der Waals surface area (Å²) in [4.78, 5) is 33.8. The van der Waals surface area contributed by atoms with Crippen molar-refractivity contribution in [3.8, 4) is 0 Å². The SMILES string of the molecule is COC(=O)CCSCC(=O)NC(=O)NCc1ccccc1. The molecule has 0 radical (unpaired) electrons. The molecule has 114 valence electrons. The number of methoxy groups -OCH3 is 1. The van der Waals surface area contributed by atoms with Crippen molar-refractivity contribution in [2.45, 2.75) is 13.0 Å². The topological polar surface area (TPSA) is 84.5 Å². The van der Waals surface area contributed by atoms with Crippen LogP contribution >= 0.6 is 11.8 Å². The van der Waals surface area contributed by atoms with Gasteiger partial charge in [-0.2, -0.15) is 11.8 Å². The summed E-state index contributed by atoms with van der Waals surface area (Å²) < 4.78 is 4.48. The fourth-order valence-corrected chi connectivity index (χ4v) is 2.12. The summed E-state index contributed by atoms with van der Waals surface area (Å²) in [5.41, 5.74) is 0.951. The minimum absolute atomic E-state index is 0.121. The molecule has 7 heteroatoms. The average Bonchev–Trinajstić information content (AvgIpc) is 2.50. The minimum Gasteiger partial charge on any atom is -0.469 e. The molecular weight excluding hydrogens is 292 g/mol. The first-order valence-corrected chi connectivity index (χ1v) is 7.53. The van der Waals surface area contributed by atoms with E-state index < -0.39 is 11.9 Å². The van der Waals surface area contributed by atoms with E-state index in [4.69, 9.17) is 0 Å². The minimum atomic E-state index is -0.530. The maximum Gasteiger partial charge on any atom is 0.321 e. The van der Waals surface area contributed by atoms with Crippen molar-refractivity contribution in [1.29, 1.82) is 0 Å². The lowest BCUT2D eigenvalue weighted by Gasteiger charge is -2.06. The van der Waals surface area contributed by atoms with Gasteiger partial charge in [0.25, 0.3) is 0 Å². The highest BCUT2D eigenvalue weighted by atomic mass is 32.2. The van der Waals surface area contributed by atoms with E-state index in [1.165, 1.54) is 18.9 Å². The molecule has 21 heavy (non-hydrogen) atoms. The van der Waals surface area contributed by atoms with Gasteiger partial charge in [-0.1, -0.05) is 30.3 Å². The van der Waals surface area contributed by atoms with E-state index in [1.54, 1.807) is 0 Å². The van der Waals surface area contributed by atoms with Crippen LogP contribution in [0.4, 0.5) is 4.79 Å². The van der Waals surface area contributed by atoms with E-state index in [9.17, 15) is 14.4 Å². The first kappa shape index (κ1) is 17.0. The summed E-state index contributed by atoms with van der Waals surface area (Å²) in [7, 11) is 1.32. The highest BCUT2D eigenvalue weighted by Crippen LogP contribution is 2.02. The molecule has 0 aliphatic rings. The van der Waals surface area contributed by atoms with Crippen molar-refractivity contribution in [3.05, 3.63) is 35.9 Å². The first-order chi connectivity index (χ1) is 10.1. The Kier molecular flexibility index (Phi) is 7.96. The van der Waals surface area contributed by atoms with Crippen LogP contribution in [0.1, 0.15) is 12.0 Å². The zero-order chi connectivity index (χ0) is 15.5. The summed E-state index contributed by atoms with van der Waals surface area (Å²) >= 11 is 1.27. The Morgan fingerprint density at radius 2 is 1.90 bits per heavy atom. The van der Waals surface area contributed by atoms with E-state index >= 15 is 0 Å². The van der Waals surface area contributed by atoms with E-state index in [-0.39, 0.29) is 18.1 Å². The number of hydrogen-bond donors (Lipinski definition) is 2. The number of ether oxygens (including phenoxy) is 1. The summed E-state index contributed by atoms with van der Waals surface area (Å²) in [5.74, 6) is -0.111. The second-order valence-corrected chi connectivity index (χ2v) is 5.20. The van der Waals surface area contributed by atoms with Crippen LogP contribution in [0, 0.1) is 0 Å². The molecule has 3 amide bonds. The Labute approximate surface area is 127 Å². The van der Waals surface area contributed by atoms with E-state index in [0.717, 1.165) is 5.56 Å². The highest BCUT2D eigenvalue weighted by molar-refractivity contribution is 7.99. The largest absolute Gasteiger partial charge is 0.469 e. The van der Waals surface area contributed by atoms with Crippen LogP contribution in [0.3, 0.4) is 0 Å². The van der Waals surface area contributed by atoms with E-state index in [1.807, 2.05) is 30.3 Å². The van der Waals surface area contributed by atoms with E-state index in [0.29, 0.717) is 12.3 Å². The quantitative estimate of drug-likeness (QED) is 0.586. The normalized spacial score (nSPS) is 9.76. The number of hydrogen-bond acceptors (Lipinski definition) is 5. The van der Waals surface area contributed by atoms with Gasteiger partial charge in [0.1, 0.15) is 0 Å². The van der Waals surface area contributed by atoms with Gasteiger partial charge in [-0.15, -0.1) is 0 Å². The van der Waals surface area contributed by atoms with Crippen molar-refractivity contribution in [1.82, 2.24) is 10.6 Å². The van der Waals surface area contributed by atoms with E-state index in [2.05, 4.69) is 15.4 Å². The van der Waals surface area contributed by atoms with Crippen molar-refractivity contribution in [2.24, 2.45) is 0 Å². The molecule has 6 nitrogen and oxygen atoms in total. The molecule has 0 spiro atoms. The predicted molar refractivity (Wildman–Crippen MR) is 80.8 cm³/mol. The van der Waals surface area contributed by atoms with Crippen molar-refractivity contribution in [3.63, 3.8) is 0 Å². The number of esters is 1. The maximum absolute atomic E-state index is 11.5. The number of imide groups is 1. The van der Waals surface area contributed by atoms with Crippen molar-refractivity contribution >= 4 is 29.7 Å². The summed E-state index contributed by atoms with van der Waals surface area (Å²) in [5, 5.41) is 4.82. The molecule has 0 saturated heterocycles. The van der Waals surface area contributed by atoms with Gasteiger partial charge in [0.05, 0.1) is 19.3 Å². The second kappa shape index (κ2) is 9.82. The molecule has 0 fully saturated rings. The zero-order valence-corrected chi connectivity index (χ0v) is 12.6. The summed E-state index contributed by atoms with van der Waals surface area (Å²) in [6.07, 6.45) is 0.245. The number of amides is 3. The van der Waals surface area contributed by atoms with Crippen LogP contribution < -0.4 is 10.6 Å². The third-order valence-corrected chi connectivity index (χ3v) is 3.42. The van der Waals surface area contributed by atoms with Crippen LogP contribution in [0.5, 0.6) is 0 Å². The van der Waals surface area contributed by atoms with Gasteiger partial charge in [0.15, 0.2) is 0 Å². The molecule has 1 aromatic carbocycles. The van der Waals surface area contributed by atoms with Gasteiger partial charge in [0.2, 0.25) is 5.91 Å².